The smallest absolute Gasteiger partial charge is 0.127 e. The van der Waals surface area contributed by atoms with Crippen LogP contribution in [0.2, 0.25) is 0 Å². The molecule has 2 rings (SSSR count). The van der Waals surface area contributed by atoms with Crippen LogP contribution in [-0.4, -0.2) is 9.55 Å². The molecule has 1 unspecified atom stereocenters. The van der Waals surface area contributed by atoms with Crippen molar-refractivity contribution in [1.82, 2.24) is 15.0 Å². The van der Waals surface area contributed by atoms with Crippen LogP contribution >= 0.6 is 0 Å². The Morgan fingerprint density at radius 3 is 2.89 bits per heavy atom. The monoisotopic (exact) mass is 262 g/mol. The summed E-state index contributed by atoms with van der Waals surface area (Å²) in [6.45, 7) is 2.98. The topological polar surface area (TPSA) is 55.9 Å². The zero-order chi connectivity index (χ0) is 13.7. The van der Waals surface area contributed by atoms with E-state index in [9.17, 15) is 4.39 Å². The number of hydrazine groups is 1. The van der Waals surface area contributed by atoms with Gasteiger partial charge in [0.2, 0.25) is 0 Å². The fourth-order valence-corrected chi connectivity index (χ4v) is 2.17. The van der Waals surface area contributed by atoms with E-state index in [-0.39, 0.29) is 11.9 Å². The minimum absolute atomic E-state index is 0.196. The number of benzene rings is 1. The largest absolute Gasteiger partial charge is 0.334 e. The second-order valence-corrected chi connectivity index (χ2v) is 4.49. The maximum atomic E-state index is 13.7. The number of aryl methyl sites for hydroxylation is 1. The molecule has 0 amide bonds. The minimum atomic E-state index is -0.212. The van der Waals surface area contributed by atoms with Crippen molar-refractivity contribution in [3.05, 3.63) is 53.9 Å². The van der Waals surface area contributed by atoms with Crippen molar-refractivity contribution < 1.29 is 4.39 Å². The number of nitrogens with zero attached hydrogens (tertiary/aromatic N) is 2. The van der Waals surface area contributed by atoms with Crippen molar-refractivity contribution in [3.63, 3.8) is 0 Å². The first-order valence-electron chi connectivity index (χ1n) is 6.46. The molecule has 0 aliphatic carbocycles. The van der Waals surface area contributed by atoms with Gasteiger partial charge in [0.25, 0.3) is 0 Å². The minimum Gasteiger partial charge on any atom is -0.334 e. The van der Waals surface area contributed by atoms with E-state index in [1.54, 1.807) is 18.3 Å². The Labute approximate surface area is 112 Å². The highest BCUT2D eigenvalue weighted by Crippen LogP contribution is 2.18. The highest BCUT2D eigenvalue weighted by Gasteiger charge is 2.17. The molecular weight excluding hydrogens is 243 g/mol. The van der Waals surface area contributed by atoms with Gasteiger partial charge in [-0.2, -0.15) is 0 Å². The summed E-state index contributed by atoms with van der Waals surface area (Å²) in [5.41, 5.74) is 3.36. The number of nitrogens with one attached hydrogen (secondary N) is 1. The Bertz CT molecular complexity index is 524. The van der Waals surface area contributed by atoms with Gasteiger partial charge in [-0.05, 0) is 24.5 Å². The lowest BCUT2D eigenvalue weighted by atomic mass is 10.1. The molecule has 2 aromatic rings. The normalized spacial score (nSPS) is 12.6. The highest BCUT2D eigenvalue weighted by atomic mass is 19.1. The number of halogens is 1. The first-order chi connectivity index (χ1) is 9.26. The maximum Gasteiger partial charge on any atom is 0.127 e. The Morgan fingerprint density at radius 2 is 2.21 bits per heavy atom. The van der Waals surface area contributed by atoms with Crippen LogP contribution in [0.4, 0.5) is 4.39 Å². The van der Waals surface area contributed by atoms with Gasteiger partial charge in [-0.15, -0.1) is 0 Å². The zero-order valence-corrected chi connectivity index (χ0v) is 11.0. The zero-order valence-electron chi connectivity index (χ0n) is 11.0. The van der Waals surface area contributed by atoms with Crippen molar-refractivity contribution in [2.24, 2.45) is 5.84 Å². The highest BCUT2D eigenvalue weighted by molar-refractivity contribution is 5.19. The fraction of sp³-hybridized carbons (Fsp3) is 0.357. The molecular formula is C14H19FN4. The van der Waals surface area contributed by atoms with Crippen molar-refractivity contribution >= 4 is 0 Å². The van der Waals surface area contributed by atoms with E-state index in [2.05, 4.69) is 17.3 Å². The number of hydrogen-bond acceptors (Lipinski definition) is 3. The van der Waals surface area contributed by atoms with E-state index in [0.717, 1.165) is 18.8 Å². The first-order valence-corrected chi connectivity index (χ1v) is 6.46. The molecule has 5 heteroatoms. The predicted molar refractivity (Wildman–Crippen MR) is 72.7 cm³/mol. The lowest BCUT2D eigenvalue weighted by molar-refractivity contribution is 0.478. The maximum absolute atomic E-state index is 13.7. The van der Waals surface area contributed by atoms with Gasteiger partial charge < -0.3 is 4.57 Å². The average molecular weight is 262 g/mol. The van der Waals surface area contributed by atoms with Crippen LogP contribution in [0.5, 0.6) is 0 Å². The molecule has 1 atom stereocenters. The molecule has 4 nitrogen and oxygen atoms in total. The van der Waals surface area contributed by atoms with Crippen LogP contribution in [0.3, 0.4) is 0 Å². The van der Waals surface area contributed by atoms with Gasteiger partial charge in [0.15, 0.2) is 0 Å². The molecule has 1 aromatic heterocycles. The summed E-state index contributed by atoms with van der Waals surface area (Å²) in [5.74, 6) is 6.23. The predicted octanol–water partition coefficient (Wildman–Crippen LogP) is 2.18. The third-order valence-corrected chi connectivity index (χ3v) is 3.11. The Kier molecular flexibility index (Phi) is 4.65. The summed E-state index contributed by atoms with van der Waals surface area (Å²) >= 11 is 0. The second-order valence-electron chi connectivity index (χ2n) is 4.49. The third kappa shape index (κ3) is 3.19. The molecule has 0 spiro atoms. The Morgan fingerprint density at radius 1 is 1.42 bits per heavy atom. The number of rotatable bonds is 6. The van der Waals surface area contributed by atoms with E-state index < -0.39 is 0 Å². The lowest BCUT2D eigenvalue weighted by Crippen LogP contribution is -2.32. The molecule has 1 aromatic carbocycles. The van der Waals surface area contributed by atoms with E-state index in [1.165, 1.54) is 6.07 Å². The molecule has 0 saturated carbocycles. The molecule has 0 bridgehead atoms. The van der Waals surface area contributed by atoms with Crippen LogP contribution in [0, 0.1) is 5.82 Å². The van der Waals surface area contributed by atoms with Gasteiger partial charge in [0, 0.05) is 18.9 Å². The molecule has 0 aliphatic rings. The van der Waals surface area contributed by atoms with E-state index in [4.69, 9.17) is 5.84 Å². The lowest BCUT2D eigenvalue weighted by Gasteiger charge is -2.17. The van der Waals surface area contributed by atoms with Crippen molar-refractivity contribution in [1.29, 1.82) is 0 Å². The number of aromatic nitrogens is 2. The van der Waals surface area contributed by atoms with E-state index >= 15 is 0 Å². The van der Waals surface area contributed by atoms with Gasteiger partial charge in [-0.1, -0.05) is 25.1 Å². The van der Waals surface area contributed by atoms with Gasteiger partial charge in [-0.25, -0.2) is 14.8 Å². The molecule has 1 heterocycles. The summed E-state index contributed by atoms with van der Waals surface area (Å²) in [6.07, 6.45) is 5.16. The van der Waals surface area contributed by atoms with Gasteiger partial charge in [0.05, 0.1) is 6.04 Å². The van der Waals surface area contributed by atoms with E-state index in [0.29, 0.717) is 12.0 Å². The number of nitrogens with two attached hydrogens (primary N) is 1. The molecule has 0 saturated heterocycles. The Balaban J connectivity index is 2.20. The van der Waals surface area contributed by atoms with Crippen LogP contribution in [0.15, 0.2) is 36.7 Å². The average Bonchev–Trinajstić information content (AvgIpc) is 2.86. The van der Waals surface area contributed by atoms with Crippen LogP contribution in [-0.2, 0) is 13.0 Å². The number of hydrogen-bond donors (Lipinski definition) is 2. The molecule has 0 aliphatic heterocycles. The molecule has 0 fully saturated rings. The van der Waals surface area contributed by atoms with Gasteiger partial charge in [0.1, 0.15) is 11.6 Å². The summed E-state index contributed by atoms with van der Waals surface area (Å²) < 4.78 is 15.7. The number of imidazole rings is 1. The third-order valence-electron chi connectivity index (χ3n) is 3.11. The van der Waals surface area contributed by atoms with Crippen LogP contribution < -0.4 is 11.3 Å². The van der Waals surface area contributed by atoms with Crippen LogP contribution in [0.1, 0.15) is 30.8 Å². The summed E-state index contributed by atoms with van der Waals surface area (Å²) in [7, 11) is 0. The molecule has 3 N–H and O–H groups in total. The Hall–Kier alpha value is -1.72. The summed E-state index contributed by atoms with van der Waals surface area (Å²) in [5, 5.41) is 0. The second kappa shape index (κ2) is 6.45. The van der Waals surface area contributed by atoms with Crippen LogP contribution in [0.25, 0.3) is 0 Å². The SMILES string of the molecule is CCCn1ccnc1C(Cc1ccccc1F)NN. The van der Waals surface area contributed by atoms with Gasteiger partial charge in [-0.3, -0.25) is 5.84 Å². The standard InChI is InChI=1S/C14H19FN4/c1-2-8-19-9-7-17-14(19)13(18-16)10-11-5-3-4-6-12(11)15/h3-7,9,13,18H,2,8,10,16H2,1H3. The van der Waals surface area contributed by atoms with Crippen molar-refractivity contribution in [2.75, 3.05) is 0 Å². The van der Waals surface area contributed by atoms with Gasteiger partial charge >= 0.3 is 0 Å². The first kappa shape index (κ1) is 13.7. The van der Waals surface area contributed by atoms with Crippen molar-refractivity contribution in [2.45, 2.75) is 32.4 Å². The molecule has 0 radical (unpaired) electrons. The van der Waals surface area contributed by atoms with E-state index in [1.807, 2.05) is 16.8 Å². The molecule has 102 valence electrons. The quantitative estimate of drug-likeness (QED) is 0.619. The summed E-state index contributed by atoms with van der Waals surface area (Å²) in [4.78, 5) is 4.33. The van der Waals surface area contributed by atoms with Crippen molar-refractivity contribution in [3.8, 4) is 0 Å². The molecule has 19 heavy (non-hydrogen) atoms. The fourth-order valence-electron chi connectivity index (χ4n) is 2.17. The summed E-state index contributed by atoms with van der Waals surface area (Å²) in [6, 6.07) is 6.54.